The highest BCUT2D eigenvalue weighted by Crippen LogP contribution is 2.47. The van der Waals surface area contributed by atoms with Gasteiger partial charge in [0.15, 0.2) is 11.6 Å². The summed E-state index contributed by atoms with van der Waals surface area (Å²) in [6.45, 7) is 4.78. The Morgan fingerprint density at radius 3 is 2.40 bits per heavy atom. The summed E-state index contributed by atoms with van der Waals surface area (Å²) in [6, 6.07) is 3.53. The van der Waals surface area contributed by atoms with Crippen molar-refractivity contribution < 1.29 is 8.78 Å². The van der Waals surface area contributed by atoms with Gasteiger partial charge in [-0.05, 0) is 99.1 Å². The third-order valence-electron chi connectivity index (χ3n) is 6.96. The van der Waals surface area contributed by atoms with Crippen molar-refractivity contribution in [3.8, 4) is 0 Å². The van der Waals surface area contributed by atoms with Gasteiger partial charge in [-0.1, -0.05) is 25.5 Å². The molecule has 1 nitrogen and oxygen atoms in total. The van der Waals surface area contributed by atoms with E-state index in [0.717, 1.165) is 62.3 Å². The summed E-state index contributed by atoms with van der Waals surface area (Å²) < 4.78 is 28.2. The van der Waals surface area contributed by atoms with Gasteiger partial charge in [0.05, 0.1) is 0 Å². The molecule has 0 spiro atoms. The van der Waals surface area contributed by atoms with Crippen LogP contribution >= 0.6 is 0 Å². The lowest BCUT2D eigenvalue weighted by molar-refractivity contribution is 0.0952. The monoisotopic (exact) mass is 349 g/mol. The second-order valence-electron chi connectivity index (χ2n) is 8.63. The molecule has 2 N–H and O–H groups in total. The standard InChI is InChI=1S/C22H33F2N/c1-14-3-9-19(18(13-14)11-12-25)16-5-7-17(8-6-16)20-10-4-15(2)21(23)22(20)24/h4,10,14,16-19H,3,5-9,11-13,25H2,1-2H3. The van der Waals surface area contributed by atoms with E-state index in [4.69, 9.17) is 5.73 Å². The Morgan fingerprint density at radius 2 is 1.72 bits per heavy atom. The lowest BCUT2D eigenvalue weighted by Crippen LogP contribution is -2.33. The zero-order valence-electron chi connectivity index (χ0n) is 15.7. The van der Waals surface area contributed by atoms with Gasteiger partial charge >= 0.3 is 0 Å². The molecule has 2 aliphatic rings. The first-order chi connectivity index (χ1) is 12.0. The highest BCUT2D eigenvalue weighted by Gasteiger charge is 2.36. The summed E-state index contributed by atoms with van der Waals surface area (Å²) in [7, 11) is 0. The molecule has 0 saturated heterocycles. The molecule has 1 aromatic carbocycles. The van der Waals surface area contributed by atoms with E-state index < -0.39 is 11.6 Å². The van der Waals surface area contributed by atoms with Crippen LogP contribution in [-0.2, 0) is 0 Å². The van der Waals surface area contributed by atoms with Crippen molar-refractivity contribution >= 4 is 0 Å². The summed E-state index contributed by atoms with van der Waals surface area (Å²) in [5.41, 5.74) is 6.85. The van der Waals surface area contributed by atoms with Gasteiger partial charge in [-0.15, -0.1) is 0 Å². The number of benzene rings is 1. The molecule has 0 bridgehead atoms. The average molecular weight is 350 g/mol. The molecule has 3 heteroatoms. The van der Waals surface area contributed by atoms with E-state index in [1.165, 1.54) is 19.3 Å². The largest absolute Gasteiger partial charge is 0.330 e. The van der Waals surface area contributed by atoms with E-state index in [1.807, 2.05) is 0 Å². The Balaban J connectivity index is 1.64. The van der Waals surface area contributed by atoms with Crippen LogP contribution in [0, 0.1) is 42.2 Å². The second kappa shape index (κ2) is 8.16. The van der Waals surface area contributed by atoms with Crippen LogP contribution in [0.1, 0.15) is 75.3 Å². The number of aryl methyl sites for hydroxylation is 1. The fourth-order valence-electron chi connectivity index (χ4n) is 5.52. The van der Waals surface area contributed by atoms with Gasteiger partial charge in [0.1, 0.15) is 0 Å². The van der Waals surface area contributed by atoms with Gasteiger partial charge in [-0.25, -0.2) is 8.78 Å². The molecular formula is C22H33F2N. The maximum Gasteiger partial charge on any atom is 0.162 e. The van der Waals surface area contributed by atoms with Crippen molar-refractivity contribution in [3.63, 3.8) is 0 Å². The molecule has 0 heterocycles. The number of nitrogens with two attached hydrogens (primary N) is 1. The molecule has 2 aliphatic carbocycles. The van der Waals surface area contributed by atoms with Crippen LogP contribution in [0.3, 0.4) is 0 Å². The molecular weight excluding hydrogens is 316 g/mol. The summed E-state index contributed by atoms with van der Waals surface area (Å²) in [5.74, 6) is 2.04. The minimum atomic E-state index is -0.663. The molecule has 140 valence electrons. The van der Waals surface area contributed by atoms with E-state index in [-0.39, 0.29) is 5.92 Å². The van der Waals surface area contributed by atoms with E-state index in [0.29, 0.717) is 11.1 Å². The third-order valence-corrected chi connectivity index (χ3v) is 6.96. The van der Waals surface area contributed by atoms with Crippen molar-refractivity contribution in [2.45, 2.75) is 71.1 Å². The summed E-state index contributed by atoms with van der Waals surface area (Å²) >= 11 is 0. The molecule has 25 heavy (non-hydrogen) atoms. The number of rotatable bonds is 4. The van der Waals surface area contributed by atoms with E-state index >= 15 is 0 Å². The maximum atomic E-state index is 14.3. The average Bonchev–Trinajstić information content (AvgIpc) is 2.61. The highest BCUT2D eigenvalue weighted by molar-refractivity contribution is 5.28. The summed E-state index contributed by atoms with van der Waals surface area (Å²) in [4.78, 5) is 0. The predicted molar refractivity (Wildman–Crippen MR) is 99.5 cm³/mol. The van der Waals surface area contributed by atoms with Crippen LogP contribution in [0.2, 0.25) is 0 Å². The van der Waals surface area contributed by atoms with Gasteiger partial charge in [0.25, 0.3) is 0 Å². The molecule has 0 amide bonds. The molecule has 0 radical (unpaired) electrons. The van der Waals surface area contributed by atoms with Crippen molar-refractivity contribution in [2.75, 3.05) is 6.54 Å². The van der Waals surface area contributed by atoms with Crippen molar-refractivity contribution in [3.05, 3.63) is 34.9 Å². The Labute approximate surface area is 151 Å². The number of hydrogen-bond donors (Lipinski definition) is 1. The fourth-order valence-corrected chi connectivity index (χ4v) is 5.52. The Kier molecular flexibility index (Phi) is 6.14. The zero-order valence-corrected chi connectivity index (χ0v) is 15.7. The summed E-state index contributed by atoms with van der Waals surface area (Å²) in [5, 5.41) is 0. The quantitative estimate of drug-likeness (QED) is 0.714. The van der Waals surface area contributed by atoms with E-state index in [1.54, 1.807) is 19.1 Å². The molecule has 0 aliphatic heterocycles. The Morgan fingerprint density at radius 1 is 1.00 bits per heavy atom. The minimum absolute atomic E-state index is 0.182. The second-order valence-corrected chi connectivity index (χ2v) is 8.63. The molecule has 2 fully saturated rings. The fraction of sp³-hybridized carbons (Fsp3) is 0.727. The lowest BCUT2D eigenvalue weighted by Gasteiger charge is -2.42. The van der Waals surface area contributed by atoms with Crippen LogP contribution in [0.5, 0.6) is 0 Å². The smallest absolute Gasteiger partial charge is 0.162 e. The minimum Gasteiger partial charge on any atom is -0.330 e. The van der Waals surface area contributed by atoms with Crippen LogP contribution in [0.25, 0.3) is 0 Å². The first kappa shape index (κ1) is 18.8. The highest BCUT2D eigenvalue weighted by atomic mass is 19.2. The van der Waals surface area contributed by atoms with Crippen molar-refractivity contribution in [2.24, 2.45) is 29.4 Å². The van der Waals surface area contributed by atoms with Crippen molar-refractivity contribution in [1.82, 2.24) is 0 Å². The van der Waals surface area contributed by atoms with Crippen LogP contribution in [0.15, 0.2) is 12.1 Å². The first-order valence-electron chi connectivity index (χ1n) is 10.2. The molecule has 3 rings (SSSR count). The SMILES string of the molecule is Cc1ccc(C2CCC(C3CCC(C)CC3CCN)CC2)c(F)c1F. The summed E-state index contributed by atoms with van der Waals surface area (Å²) in [6.07, 6.45) is 9.42. The topological polar surface area (TPSA) is 26.0 Å². The van der Waals surface area contributed by atoms with Gasteiger partial charge in [0.2, 0.25) is 0 Å². The van der Waals surface area contributed by atoms with Gasteiger partial charge in [0, 0.05) is 0 Å². The molecule has 1 aromatic rings. The zero-order chi connectivity index (χ0) is 18.0. The van der Waals surface area contributed by atoms with E-state index in [9.17, 15) is 8.78 Å². The molecule has 3 unspecified atom stereocenters. The number of hydrogen-bond acceptors (Lipinski definition) is 1. The van der Waals surface area contributed by atoms with Gasteiger partial charge in [-0.3, -0.25) is 0 Å². The normalized spacial score (nSPS) is 33.4. The van der Waals surface area contributed by atoms with E-state index in [2.05, 4.69) is 6.92 Å². The molecule has 0 aromatic heterocycles. The van der Waals surface area contributed by atoms with Crippen molar-refractivity contribution in [1.29, 1.82) is 0 Å². The predicted octanol–water partition coefficient (Wildman–Crippen LogP) is 5.95. The van der Waals surface area contributed by atoms with Crippen LogP contribution < -0.4 is 5.73 Å². The van der Waals surface area contributed by atoms with Crippen LogP contribution in [0.4, 0.5) is 8.78 Å². The Hall–Kier alpha value is -0.960. The van der Waals surface area contributed by atoms with Gasteiger partial charge < -0.3 is 5.73 Å². The third kappa shape index (κ3) is 4.07. The lowest BCUT2D eigenvalue weighted by atomic mass is 9.63. The van der Waals surface area contributed by atoms with Crippen LogP contribution in [-0.4, -0.2) is 6.54 Å². The van der Waals surface area contributed by atoms with Gasteiger partial charge in [-0.2, -0.15) is 0 Å². The maximum absolute atomic E-state index is 14.3. The molecule has 3 atom stereocenters. The first-order valence-corrected chi connectivity index (χ1v) is 10.2. The molecule has 2 saturated carbocycles. The number of halogens is 2. The Bertz CT molecular complexity index is 578.